The summed E-state index contributed by atoms with van der Waals surface area (Å²) in [4.78, 5) is 15.0. The molecule has 1 atom stereocenters. The van der Waals surface area contributed by atoms with Crippen LogP contribution in [-0.2, 0) is 11.2 Å². The molecule has 26 heavy (non-hydrogen) atoms. The summed E-state index contributed by atoms with van der Waals surface area (Å²) in [5, 5.41) is 4.97. The Morgan fingerprint density at radius 2 is 1.62 bits per heavy atom. The molecule has 2 aromatic carbocycles. The van der Waals surface area contributed by atoms with Gasteiger partial charge in [-0.15, -0.1) is 0 Å². The summed E-state index contributed by atoms with van der Waals surface area (Å²) in [6.07, 6.45) is 2.88. The Balaban J connectivity index is 1.79. The van der Waals surface area contributed by atoms with E-state index in [1.807, 2.05) is 52.9 Å². The standard InChI is InChI=1S/C22H21N3O/c1-15-14-19-21(24(22(15)26)17-12-13-17)20(16-8-4-2-5-9-16)25(23-19)18-10-6-3-7-11-18/h2-11,15,17H,12-14H2,1H3. The van der Waals surface area contributed by atoms with Crippen LogP contribution < -0.4 is 4.90 Å². The monoisotopic (exact) mass is 343 g/mol. The molecule has 1 unspecified atom stereocenters. The highest BCUT2D eigenvalue weighted by Gasteiger charge is 2.43. The maximum absolute atomic E-state index is 13.0. The fraction of sp³-hybridized carbons (Fsp3) is 0.273. The lowest BCUT2D eigenvalue weighted by Gasteiger charge is -2.31. The number of hydrogen-bond acceptors (Lipinski definition) is 2. The molecule has 0 spiro atoms. The number of carbonyl (C=O) groups is 1. The van der Waals surface area contributed by atoms with E-state index >= 15 is 0 Å². The molecule has 0 saturated heterocycles. The van der Waals surface area contributed by atoms with Crippen molar-refractivity contribution >= 4 is 11.6 Å². The maximum Gasteiger partial charge on any atom is 0.230 e. The second-order valence-corrected chi connectivity index (χ2v) is 7.30. The first-order valence-electron chi connectivity index (χ1n) is 9.30. The molecule has 2 heterocycles. The molecular weight excluding hydrogens is 322 g/mol. The van der Waals surface area contributed by atoms with Gasteiger partial charge in [0.1, 0.15) is 0 Å². The smallest absolute Gasteiger partial charge is 0.230 e. The minimum atomic E-state index is -0.00848. The van der Waals surface area contributed by atoms with E-state index < -0.39 is 0 Å². The second kappa shape index (κ2) is 5.84. The number of nitrogens with zero attached hydrogens (tertiary/aromatic N) is 3. The van der Waals surface area contributed by atoms with E-state index in [0.29, 0.717) is 12.5 Å². The molecule has 3 aromatic rings. The van der Waals surface area contributed by atoms with Crippen LogP contribution in [0, 0.1) is 5.92 Å². The molecule has 1 aliphatic carbocycles. The van der Waals surface area contributed by atoms with Crippen molar-refractivity contribution in [2.75, 3.05) is 4.90 Å². The van der Waals surface area contributed by atoms with E-state index in [4.69, 9.17) is 5.10 Å². The molecule has 1 fully saturated rings. The molecule has 130 valence electrons. The van der Waals surface area contributed by atoms with Crippen LogP contribution in [-0.4, -0.2) is 21.7 Å². The minimum absolute atomic E-state index is 0.00848. The predicted octanol–water partition coefficient (Wildman–Crippen LogP) is 4.23. The van der Waals surface area contributed by atoms with Gasteiger partial charge in [-0.2, -0.15) is 5.10 Å². The number of rotatable bonds is 3. The lowest BCUT2D eigenvalue weighted by molar-refractivity contribution is -0.122. The van der Waals surface area contributed by atoms with Gasteiger partial charge in [-0.3, -0.25) is 4.79 Å². The van der Waals surface area contributed by atoms with Crippen LogP contribution in [0.15, 0.2) is 60.7 Å². The Labute approximate surface area is 153 Å². The van der Waals surface area contributed by atoms with Crippen LogP contribution in [0.5, 0.6) is 0 Å². The van der Waals surface area contributed by atoms with Crippen molar-refractivity contribution in [3.63, 3.8) is 0 Å². The van der Waals surface area contributed by atoms with Crippen molar-refractivity contribution in [3.8, 4) is 16.9 Å². The number of hydrogen-bond donors (Lipinski definition) is 0. The Hall–Kier alpha value is -2.88. The van der Waals surface area contributed by atoms with Gasteiger partial charge in [0.15, 0.2) is 0 Å². The van der Waals surface area contributed by atoms with Gasteiger partial charge in [0.05, 0.1) is 22.8 Å². The fourth-order valence-electron chi connectivity index (χ4n) is 3.88. The van der Waals surface area contributed by atoms with Gasteiger partial charge < -0.3 is 4.90 Å². The first kappa shape index (κ1) is 15.4. The SMILES string of the molecule is CC1Cc2nn(-c3ccccc3)c(-c3ccccc3)c2N(C2CC2)C1=O. The predicted molar refractivity (Wildman–Crippen MR) is 102 cm³/mol. The quantitative estimate of drug-likeness (QED) is 0.714. The van der Waals surface area contributed by atoms with E-state index in [-0.39, 0.29) is 11.8 Å². The van der Waals surface area contributed by atoms with Crippen molar-refractivity contribution in [1.82, 2.24) is 9.78 Å². The van der Waals surface area contributed by atoms with Crippen LogP contribution >= 0.6 is 0 Å². The van der Waals surface area contributed by atoms with Gasteiger partial charge in [-0.05, 0) is 25.0 Å². The van der Waals surface area contributed by atoms with E-state index in [2.05, 4.69) is 24.3 Å². The number of amides is 1. The van der Waals surface area contributed by atoms with Crippen molar-refractivity contribution in [2.24, 2.45) is 5.92 Å². The number of aromatic nitrogens is 2. The average Bonchev–Trinajstić information content (AvgIpc) is 3.44. The summed E-state index contributed by atoms with van der Waals surface area (Å²) >= 11 is 0. The molecule has 4 nitrogen and oxygen atoms in total. The van der Waals surface area contributed by atoms with Gasteiger partial charge in [0, 0.05) is 23.9 Å². The molecule has 0 bridgehead atoms. The zero-order chi connectivity index (χ0) is 17.7. The van der Waals surface area contributed by atoms with E-state index in [9.17, 15) is 4.79 Å². The molecule has 2 aliphatic rings. The first-order chi connectivity index (χ1) is 12.7. The topological polar surface area (TPSA) is 38.1 Å². The second-order valence-electron chi connectivity index (χ2n) is 7.30. The van der Waals surface area contributed by atoms with Crippen molar-refractivity contribution in [3.05, 3.63) is 66.4 Å². The normalized spacial score (nSPS) is 19.5. The third-order valence-electron chi connectivity index (χ3n) is 5.29. The Kier molecular flexibility index (Phi) is 3.45. The summed E-state index contributed by atoms with van der Waals surface area (Å²) in [7, 11) is 0. The molecule has 0 radical (unpaired) electrons. The molecule has 1 aromatic heterocycles. The minimum Gasteiger partial charge on any atom is -0.305 e. The van der Waals surface area contributed by atoms with Crippen LogP contribution in [0.3, 0.4) is 0 Å². The third kappa shape index (κ3) is 2.37. The number of para-hydroxylation sites is 1. The molecule has 1 aliphatic heterocycles. The number of fused-ring (bicyclic) bond motifs is 1. The number of carbonyl (C=O) groups excluding carboxylic acids is 1. The first-order valence-corrected chi connectivity index (χ1v) is 9.30. The van der Waals surface area contributed by atoms with E-state index in [0.717, 1.165) is 41.2 Å². The van der Waals surface area contributed by atoms with Gasteiger partial charge in [-0.1, -0.05) is 55.5 Å². The fourth-order valence-corrected chi connectivity index (χ4v) is 3.88. The number of anilines is 1. The van der Waals surface area contributed by atoms with Crippen LogP contribution in [0.1, 0.15) is 25.5 Å². The summed E-state index contributed by atoms with van der Waals surface area (Å²) in [6, 6.07) is 20.8. The molecular formula is C22H21N3O. The molecule has 1 saturated carbocycles. The zero-order valence-corrected chi connectivity index (χ0v) is 14.8. The molecule has 1 amide bonds. The van der Waals surface area contributed by atoms with Crippen molar-refractivity contribution in [1.29, 1.82) is 0 Å². The third-order valence-corrected chi connectivity index (χ3v) is 5.29. The van der Waals surface area contributed by atoms with E-state index in [1.54, 1.807) is 0 Å². The summed E-state index contributed by atoms with van der Waals surface area (Å²) in [6.45, 7) is 2.02. The van der Waals surface area contributed by atoms with Crippen LogP contribution in [0.25, 0.3) is 16.9 Å². The lowest BCUT2D eigenvalue weighted by Crippen LogP contribution is -2.41. The van der Waals surface area contributed by atoms with Gasteiger partial charge in [0.25, 0.3) is 0 Å². The van der Waals surface area contributed by atoms with Crippen LogP contribution in [0.2, 0.25) is 0 Å². The maximum atomic E-state index is 13.0. The largest absolute Gasteiger partial charge is 0.305 e. The van der Waals surface area contributed by atoms with Gasteiger partial charge in [0.2, 0.25) is 5.91 Å². The van der Waals surface area contributed by atoms with E-state index in [1.165, 1.54) is 0 Å². The number of benzene rings is 2. The summed E-state index contributed by atoms with van der Waals surface area (Å²) in [5.74, 6) is 0.232. The molecule has 5 rings (SSSR count). The Morgan fingerprint density at radius 3 is 2.27 bits per heavy atom. The van der Waals surface area contributed by atoms with Crippen LogP contribution in [0.4, 0.5) is 5.69 Å². The average molecular weight is 343 g/mol. The lowest BCUT2D eigenvalue weighted by atomic mass is 9.95. The molecule has 4 heteroatoms. The van der Waals surface area contributed by atoms with Gasteiger partial charge in [-0.25, -0.2) is 4.68 Å². The summed E-state index contributed by atoms with van der Waals surface area (Å²) < 4.78 is 2.01. The Bertz CT molecular complexity index is 958. The van der Waals surface area contributed by atoms with Crippen molar-refractivity contribution < 1.29 is 4.79 Å². The highest BCUT2D eigenvalue weighted by molar-refractivity contribution is 6.02. The Morgan fingerprint density at radius 1 is 0.962 bits per heavy atom. The van der Waals surface area contributed by atoms with Crippen molar-refractivity contribution in [2.45, 2.75) is 32.2 Å². The zero-order valence-electron chi connectivity index (χ0n) is 14.8. The summed E-state index contributed by atoms with van der Waals surface area (Å²) in [5.41, 5.74) is 5.20. The molecule has 0 N–H and O–H groups in total. The van der Waals surface area contributed by atoms with Gasteiger partial charge >= 0.3 is 0 Å². The highest BCUT2D eigenvalue weighted by Crippen LogP contribution is 2.45. The highest BCUT2D eigenvalue weighted by atomic mass is 16.2.